The van der Waals surface area contributed by atoms with Crippen molar-refractivity contribution in [1.82, 2.24) is 5.32 Å². The first kappa shape index (κ1) is 9.12. The minimum atomic E-state index is -4.33. The molecule has 1 N–H and O–H groups in total. The first-order valence-corrected chi connectivity index (χ1v) is 3.28. The summed E-state index contributed by atoms with van der Waals surface area (Å²) >= 11 is 0. The maximum absolute atomic E-state index is 12.2. The fraction of sp³-hybridized carbons (Fsp3) is 0.429. The molecular weight excluding hydrogens is 171 g/mol. The van der Waals surface area contributed by atoms with Gasteiger partial charge in [0.2, 0.25) is 0 Å². The second-order valence-electron chi connectivity index (χ2n) is 2.26. The molecule has 68 valence electrons. The van der Waals surface area contributed by atoms with Crippen LogP contribution in [0.5, 0.6) is 0 Å². The van der Waals surface area contributed by atoms with Gasteiger partial charge in [0.15, 0.2) is 6.23 Å². The molecule has 1 heterocycles. The molecule has 1 rings (SSSR count). The summed E-state index contributed by atoms with van der Waals surface area (Å²) in [6.07, 6.45) is -1.74. The van der Waals surface area contributed by atoms with Crippen LogP contribution in [-0.4, -0.2) is 19.5 Å². The van der Waals surface area contributed by atoms with Crippen LogP contribution in [0.2, 0.25) is 0 Å². The zero-order valence-electron chi connectivity index (χ0n) is 6.35. The smallest absolute Gasteiger partial charge is 0.362 e. The molecule has 0 bridgehead atoms. The molecule has 1 atom stereocenters. The van der Waals surface area contributed by atoms with Crippen molar-refractivity contribution in [3.05, 3.63) is 23.9 Å². The third-order valence-electron chi connectivity index (χ3n) is 1.47. The molecule has 5 heteroatoms. The Morgan fingerprint density at radius 3 is 2.58 bits per heavy atom. The summed E-state index contributed by atoms with van der Waals surface area (Å²) in [5, 5.41) is 2.43. The van der Waals surface area contributed by atoms with Gasteiger partial charge in [-0.25, -0.2) is 0 Å². The van der Waals surface area contributed by atoms with Gasteiger partial charge in [-0.2, -0.15) is 13.2 Å². The number of hydrogen-bond acceptors (Lipinski definition) is 2. The van der Waals surface area contributed by atoms with Crippen LogP contribution in [0.3, 0.4) is 0 Å². The third kappa shape index (κ3) is 1.79. The van der Waals surface area contributed by atoms with Crippen LogP contribution in [0.25, 0.3) is 0 Å². The largest absolute Gasteiger partial charge is 0.416 e. The van der Waals surface area contributed by atoms with Crippen LogP contribution in [0.1, 0.15) is 0 Å². The van der Waals surface area contributed by atoms with Gasteiger partial charge in [0, 0.05) is 7.11 Å². The van der Waals surface area contributed by atoms with E-state index in [1.165, 1.54) is 19.4 Å². The van der Waals surface area contributed by atoms with Crippen LogP contribution >= 0.6 is 0 Å². The predicted octanol–water partition coefficient (Wildman–Crippen LogP) is 1.56. The number of nitrogens with one attached hydrogen (secondary N) is 1. The van der Waals surface area contributed by atoms with Crippen molar-refractivity contribution in [2.45, 2.75) is 12.4 Å². The van der Waals surface area contributed by atoms with Gasteiger partial charge in [-0.15, -0.1) is 0 Å². The highest BCUT2D eigenvalue weighted by atomic mass is 19.4. The van der Waals surface area contributed by atoms with Crippen molar-refractivity contribution in [3.8, 4) is 0 Å². The van der Waals surface area contributed by atoms with Gasteiger partial charge in [-0.05, 0) is 18.4 Å². The molecule has 1 unspecified atom stereocenters. The minimum absolute atomic E-state index is 0.715. The van der Waals surface area contributed by atoms with Crippen LogP contribution in [0.15, 0.2) is 23.9 Å². The van der Waals surface area contributed by atoms with Crippen LogP contribution < -0.4 is 5.32 Å². The monoisotopic (exact) mass is 179 g/mol. The number of alkyl halides is 3. The number of dihydropyridines is 1. The molecule has 1 aliphatic heterocycles. The molecule has 0 saturated carbocycles. The molecule has 2 nitrogen and oxygen atoms in total. The van der Waals surface area contributed by atoms with E-state index < -0.39 is 18.0 Å². The second-order valence-corrected chi connectivity index (χ2v) is 2.26. The van der Waals surface area contributed by atoms with Gasteiger partial charge in [0.1, 0.15) is 0 Å². The van der Waals surface area contributed by atoms with Crippen molar-refractivity contribution < 1.29 is 17.9 Å². The third-order valence-corrected chi connectivity index (χ3v) is 1.47. The highest BCUT2D eigenvalue weighted by Crippen LogP contribution is 2.29. The van der Waals surface area contributed by atoms with Gasteiger partial charge < -0.3 is 10.1 Å². The highest BCUT2D eigenvalue weighted by Gasteiger charge is 2.39. The quantitative estimate of drug-likeness (QED) is 0.659. The molecule has 0 aromatic carbocycles. The molecule has 0 radical (unpaired) electrons. The molecule has 0 aromatic rings. The Bertz CT molecular complexity index is 219. The van der Waals surface area contributed by atoms with Crippen LogP contribution in [-0.2, 0) is 4.74 Å². The fourth-order valence-corrected chi connectivity index (χ4v) is 0.910. The van der Waals surface area contributed by atoms with E-state index >= 15 is 0 Å². The average molecular weight is 179 g/mol. The summed E-state index contributed by atoms with van der Waals surface area (Å²) in [7, 11) is 1.22. The van der Waals surface area contributed by atoms with E-state index in [0.717, 1.165) is 6.08 Å². The van der Waals surface area contributed by atoms with Gasteiger partial charge in [0.05, 0.1) is 5.57 Å². The Kier molecular flexibility index (Phi) is 2.42. The number of ether oxygens (including phenoxy) is 1. The summed E-state index contributed by atoms with van der Waals surface area (Å²) in [6, 6.07) is 0. The van der Waals surface area contributed by atoms with Crippen molar-refractivity contribution in [1.29, 1.82) is 0 Å². The van der Waals surface area contributed by atoms with Crippen molar-refractivity contribution >= 4 is 0 Å². The van der Waals surface area contributed by atoms with E-state index in [1.54, 1.807) is 0 Å². The predicted molar refractivity (Wildman–Crippen MR) is 37.2 cm³/mol. The molecular formula is C7H8F3NO. The van der Waals surface area contributed by atoms with Crippen LogP contribution in [0.4, 0.5) is 13.2 Å². The maximum Gasteiger partial charge on any atom is 0.416 e. The summed E-state index contributed by atoms with van der Waals surface area (Å²) in [6.45, 7) is 0. The first-order valence-electron chi connectivity index (χ1n) is 3.28. The Morgan fingerprint density at radius 2 is 2.17 bits per heavy atom. The molecule has 12 heavy (non-hydrogen) atoms. The SMILES string of the molecule is COC1NC=CC=C1C(F)(F)F. The van der Waals surface area contributed by atoms with Gasteiger partial charge in [-0.1, -0.05) is 0 Å². The Balaban J connectivity index is 2.84. The summed E-state index contributed by atoms with van der Waals surface area (Å²) in [5.41, 5.74) is -0.715. The normalized spacial score (nSPS) is 23.3. The molecule has 0 aliphatic carbocycles. The maximum atomic E-state index is 12.2. The lowest BCUT2D eigenvalue weighted by molar-refractivity contribution is -0.110. The van der Waals surface area contributed by atoms with Gasteiger partial charge in [-0.3, -0.25) is 0 Å². The first-order chi connectivity index (χ1) is 5.55. The molecule has 0 amide bonds. The lowest BCUT2D eigenvalue weighted by Gasteiger charge is -2.23. The Morgan fingerprint density at radius 1 is 1.50 bits per heavy atom. The van der Waals surface area contributed by atoms with Crippen LogP contribution in [0, 0.1) is 0 Å². The molecule has 0 saturated heterocycles. The highest BCUT2D eigenvalue weighted by molar-refractivity contribution is 5.24. The zero-order valence-corrected chi connectivity index (χ0v) is 6.35. The number of rotatable bonds is 1. The number of halogens is 3. The van der Waals surface area contributed by atoms with E-state index in [1.807, 2.05) is 0 Å². The van der Waals surface area contributed by atoms with Crippen molar-refractivity contribution in [3.63, 3.8) is 0 Å². The van der Waals surface area contributed by atoms with E-state index in [4.69, 9.17) is 0 Å². The van der Waals surface area contributed by atoms with Gasteiger partial charge >= 0.3 is 6.18 Å². The molecule has 1 aliphatic rings. The van der Waals surface area contributed by atoms with E-state index in [-0.39, 0.29) is 0 Å². The van der Waals surface area contributed by atoms with E-state index in [2.05, 4.69) is 10.1 Å². The van der Waals surface area contributed by atoms with E-state index in [0.29, 0.717) is 0 Å². The van der Waals surface area contributed by atoms with E-state index in [9.17, 15) is 13.2 Å². The number of hydrogen-bond donors (Lipinski definition) is 1. The second kappa shape index (κ2) is 3.18. The molecule has 0 aromatic heterocycles. The molecule has 0 spiro atoms. The van der Waals surface area contributed by atoms with Crippen molar-refractivity contribution in [2.24, 2.45) is 0 Å². The lowest BCUT2D eigenvalue weighted by atomic mass is 10.1. The number of methoxy groups -OCH3 is 1. The topological polar surface area (TPSA) is 21.3 Å². The fourth-order valence-electron chi connectivity index (χ4n) is 0.910. The van der Waals surface area contributed by atoms with Gasteiger partial charge in [0.25, 0.3) is 0 Å². The summed E-state index contributed by atoms with van der Waals surface area (Å²) < 4.78 is 41.0. The zero-order chi connectivity index (χ0) is 9.19. The molecule has 0 fully saturated rings. The average Bonchev–Trinajstić information content (AvgIpc) is 2.03. The summed E-state index contributed by atoms with van der Waals surface area (Å²) in [5.74, 6) is 0. The standard InChI is InChI=1S/C7H8F3NO/c1-12-6-5(7(8,9)10)3-2-4-11-6/h2-4,6,11H,1H3. The Hall–Kier alpha value is -0.970. The Labute approximate surface area is 67.7 Å². The summed E-state index contributed by atoms with van der Waals surface area (Å²) in [4.78, 5) is 0. The van der Waals surface area contributed by atoms with Crippen molar-refractivity contribution in [2.75, 3.05) is 7.11 Å². The lowest BCUT2D eigenvalue weighted by Crippen LogP contribution is -2.36. The minimum Gasteiger partial charge on any atom is -0.362 e. The number of allylic oxidation sites excluding steroid dienone is 2.